The summed E-state index contributed by atoms with van der Waals surface area (Å²) in [5.41, 5.74) is -3.42. The smallest absolute Gasteiger partial charge is 0.408 e. The van der Waals surface area contributed by atoms with E-state index < -0.39 is 46.5 Å². The molecule has 1 aliphatic rings. The first kappa shape index (κ1) is 20.4. The van der Waals surface area contributed by atoms with Gasteiger partial charge >= 0.3 is 12.1 Å². The summed E-state index contributed by atoms with van der Waals surface area (Å²) in [5.74, 6) is -2.07. The van der Waals surface area contributed by atoms with Crippen molar-refractivity contribution in [1.82, 2.24) is 10.6 Å². The number of rotatable bonds is 4. The number of ether oxygens (including phenoxy) is 1. The number of β-amino-alcohol motifs (C(OH)–C–C–N with tert-alkyl or cyclic N) is 1. The molecule has 1 aliphatic heterocycles. The first-order chi connectivity index (χ1) is 10.7. The molecule has 1 amide bonds. The molecule has 0 bridgehead atoms. The summed E-state index contributed by atoms with van der Waals surface area (Å²) in [5, 5.41) is 24.3. The van der Waals surface area contributed by atoms with Crippen molar-refractivity contribution in [2.75, 3.05) is 6.54 Å². The van der Waals surface area contributed by atoms with Gasteiger partial charge in [-0.3, -0.25) is 10.1 Å². The third-order valence-corrected chi connectivity index (χ3v) is 3.76. The largest absolute Gasteiger partial charge is 0.480 e. The molecule has 1 fully saturated rings. The summed E-state index contributed by atoms with van der Waals surface area (Å²) in [6.45, 7) is 10.2. The van der Waals surface area contributed by atoms with E-state index in [1.165, 1.54) is 0 Å². The number of hydrogen-bond acceptors (Lipinski definition) is 6. The van der Waals surface area contributed by atoms with Gasteiger partial charge in [-0.25, -0.2) is 9.59 Å². The topological polar surface area (TPSA) is 125 Å². The van der Waals surface area contributed by atoms with Crippen LogP contribution in [0.25, 0.3) is 0 Å². The monoisotopic (exact) mass is 344 g/mol. The average Bonchev–Trinajstić information content (AvgIpc) is 2.75. The number of aliphatic hydroxyl groups excluding tert-OH is 1. The Morgan fingerprint density at radius 1 is 1.21 bits per heavy atom. The first-order valence-corrected chi connectivity index (χ1v) is 7.89. The summed E-state index contributed by atoms with van der Waals surface area (Å²) < 4.78 is 5.17. The second-order valence-corrected chi connectivity index (χ2v) is 8.26. The lowest BCUT2D eigenvalue weighted by Crippen LogP contribution is -2.64. The van der Waals surface area contributed by atoms with E-state index in [2.05, 4.69) is 10.6 Å². The van der Waals surface area contributed by atoms with Gasteiger partial charge in [0.05, 0.1) is 12.1 Å². The fourth-order valence-electron chi connectivity index (χ4n) is 2.59. The number of carbonyl (C=O) groups excluding carboxylic acids is 2. The van der Waals surface area contributed by atoms with Crippen LogP contribution >= 0.6 is 0 Å². The van der Waals surface area contributed by atoms with Gasteiger partial charge in [0.25, 0.3) is 0 Å². The van der Waals surface area contributed by atoms with Gasteiger partial charge in [0.15, 0.2) is 11.3 Å². The molecule has 8 heteroatoms. The van der Waals surface area contributed by atoms with Crippen molar-refractivity contribution >= 4 is 17.8 Å². The molecule has 138 valence electrons. The lowest BCUT2D eigenvalue weighted by Gasteiger charge is -2.36. The van der Waals surface area contributed by atoms with E-state index in [0.29, 0.717) is 0 Å². The molecule has 3 atom stereocenters. The highest BCUT2D eigenvalue weighted by Gasteiger charge is 2.55. The minimum absolute atomic E-state index is 0.00133. The molecule has 0 saturated carbocycles. The van der Waals surface area contributed by atoms with Crippen LogP contribution < -0.4 is 10.6 Å². The fraction of sp³-hybridized carbons (Fsp3) is 0.812. The van der Waals surface area contributed by atoms with E-state index in [1.807, 2.05) is 0 Å². The van der Waals surface area contributed by atoms with Crippen molar-refractivity contribution in [3.05, 3.63) is 0 Å². The van der Waals surface area contributed by atoms with Crippen LogP contribution in [-0.2, 0) is 14.3 Å². The van der Waals surface area contributed by atoms with Gasteiger partial charge in [-0.15, -0.1) is 0 Å². The van der Waals surface area contributed by atoms with E-state index >= 15 is 0 Å². The second kappa shape index (κ2) is 6.68. The molecule has 0 aromatic heterocycles. The molecule has 0 spiro atoms. The molecule has 2 unspecified atom stereocenters. The van der Waals surface area contributed by atoms with Gasteiger partial charge in [0.2, 0.25) is 0 Å². The van der Waals surface area contributed by atoms with Crippen LogP contribution in [0.2, 0.25) is 0 Å². The molecular weight excluding hydrogens is 316 g/mol. The highest BCUT2D eigenvalue weighted by Crippen LogP contribution is 2.29. The summed E-state index contributed by atoms with van der Waals surface area (Å²) in [6.07, 6.45) is -1.98. The Hall–Kier alpha value is -1.67. The quantitative estimate of drug-likeness (QED) is 0.552. The lowest BCUT2D eigenvalue weighted by atomic mass is 9.76. The molecule has 0 aromatic carbocycles. The van der Waals surface area contributed by atoms with Gasteiger partial charge < -0.3 is 20.3 Å². The molecular formula is C16H28N2O6. The van der Waals surface area contributed by atoms with Crippen LogP contribution in [0.5, 0.6) is 0 Å². The summed E-state index contributed by atoms with van der Waals surface area (Å²) in [6, 6.07) is -1.10. The van der Waals surface area contributed by atoms with Crippen LogP contribution in [0.15, 0.2) is 0 Å². The highest BCUT2D eigenvalue weighted by molar-refractivity contribution is 6.11. The maximum Gasteiger partial charge on any atom is 0.408 e. The molecule has 0 radical (unpaired) electrons. The lowest BCUT2D eigenvalue weighted by molar-refractivity contribution is -0.151. The predicted octanol–water partition coefficient (Wildman–Crippen LogP) is 0.673. The predicted molar refractivity (Wildman–Crippen MR) is 86.6 cm³/mol. The van der Waals surface area contributed by atoms with Crippen LogP contribution in [0.1, 0.15) is 48.0 Å². The highest BCUT2D eigenvalue weighted by atomic mass is 16.6. The summed E-state index contributed by atoms with van der Waals surface area (Å²) >= 11 is 0. The number of nitrogens with one attached hydrogen (secondary N) is 2. The number of amides is 1. The van der Waals surface area contributed by atoms with Gasteiger partial charge in [-0.1, -0.05) is 20.8 Å². The Morgan fingerprint density at radius 2 is 1.75 bits per heavy atom. The zero-order valence-electron chi connectivity index (χ0n) is 15.1. The summed E-state index contributed by atoms with van der Waals surface area (Å²) in [7, 11) is 0. The van der Waals surface area contributed by atoms with Crippen LogP contribution in [0.3, 0.4) is 0 Å². The van der Waals surface area contributed by atoms with Crippen LogP contribution in [-0.4, -0.2) is 57.9 Å². The van der Waals surface area contributed by atoms with Crippen molar-refractivity contribution in [3.63, 3.8) is 0 Å². The minimum Gasteiger partial charge on any atom is -0.480 e. The third-order valence-electron chi connectivity index (χ3n) is 3.76. The number of Topliss-reactive ketones (excluding diaryl/α,β-unsaturated/α-hetero) is 1. The summed E-state index contributed by atoms with van der Waals surface area (Å²) in [4.78, 5) is 36.8. The molecule has 0 aromatic rings. The minimum atomic E-state index is -1.92. The van der Waals surface area contributed by atoms with Crippen LogP contribution in [0, 0.1) is 5.41 Å². The fourth-order valence-corrected chi connectivity index (χ4v) is 2.59. The van der Waals surface area contributed by atoms with Crippen molar-refractivity contribution in [2.45, 2.75) is 71.2 Å². The van der Waals surface area contributed by atoms with Crippen molar-refractivity contribution in [3.8, 4) is 0 Å². The van der Waals surface area contributed by atoms with Gasteiger partial charge in [-0.05, 0) is 26.2 Å². The number of aliphatic carboxylic acids is 1. The number of carboxylic acid groups (broad SMARTS) is 1. The first-order valence-electron chi connectivity index (χ1n) is 7.89. The Balaban J connectivity index is 3.10. The van der Waals surface area contributed by atoms with Gasteiger partial charge in [-0.2, -0.15) is 0 Å². The third kappa shape index (κ3) is 4.67. The molecule has 1 saturated heterocycles. The second-order valence-electron chi connectivity index (χ2n) is 8.26. The SMILES string of the molecule is CC(C)(C)OC(=O)NC(C(=O)[C@]1(C(=O)O)CC(O)CN1)C(C)(C)C. The van der Waals surface area contributed by atoms with E-state index in [0.717, 1.165) is 0 Å². The number of carbonyl (C=O) groups is 3. The van der Waals surface area contributed by atoms with Crippen molar-refractivity contribution in [1.29, 1.82) is 0 Å². The number of hydrogen-bond donors (Lipinski definition) is 4. The number of aliphatic hydroxyl groups is 1. The Bertz CT molecular complexity index is 520. The van der Waals surface area contributed by atoms with Crippen molar-refractivity contribution in [2.24, 2.45) is 5.41 Å². The van der Waals surface area contributed by atoms with Crippen molar-refractivity contribution < 1.29 is 29.3 Å². The number of alkyl carbamates (subject to hydrolysis) is 1. The van der Waals surface area contributed by atoms with Gasteiger partial charge in [0, 0.05) is 13.0 Å². The van der Waals surface area contributed by atoms with E-state index in [4.69, 9.17) is 4.74 Å². The molecule has 1 rings (SSSR count). The molecule has 8 nitrogen and oxygen atoms in total. The zero-order valence-corrected chi connectivity index (χ0v) is 15.1. The molecule has 1 heterocycles. The maximum absolute atomic E-state index is 13.0. The number of carboxylic acids is 1. The van der Waals surface area contributed by atoms with Crippen LogP contribution in [0.4, 0.5) is 4.79 Å². The maximum atomic E-state index is 13.0. The zero-order chi connectivity index (χ0) is 18.9. The van der Waals surface area contributed by atoms with E-state index in [1.54, 1.807) is 41.5 Å². The normalized spacial score (nSPS) is 25.9. The van der Waals surface area contributed by atoms with Gasteiger partial charge in [0.1, 0.15) is 5.60 Å². The van der Waals surface area contributed by atoms with E-state index in [9.17, 15) is 24.6 Å². The Kier molecular flexibility index (Phi) is 5.67. The van der Waals surface area contributed by atoms with E-state index in [-0.39, 0.29) is 13.0 Å². The molecule has 0 aliphatic carbocycles. The molecule has 24 heavy (non-hydrogen) atoms. The Labute approximate surface area is 141 Å². The molecule has 4 N–H and O–H groups in total. The Morgan fingerprint density at radius 3 is 2.08 bits per heavy atom. The standard InChI is InChI=1S/C16H28N2O6/c1-14(2,3)10(18-13(23)24-15(4,5)6)11(20)16(12(21)22)7-9(19)8-17-16/h9-10,17,19H,7-8H2,1-6H3,(H,18,23)(H,21,22)/t9?,10?,16-/m0/s1. The number of ketones is 1. The average molecular weight is 344 g/mol.